The van der Waals surface area contributed by atoms with Crippen LogP contribution in [0.2, 0.25) is 0 Å². The average Bonchev–Trinajstić information content (AvgIpc) is 3.16. The topological polar surface area (TPSA) is 49.5 Å². The van der Waals surface area contributed by atoms with Crippen LogP contribution in [0.4, 0.5) is 0 Å². The number of aliphatic hydroxyl groups excluding tert-OH is 1. The van der Waals surface area contributed by atoms with Crippen molar-refractivity contribution in [2.45, 2.75) is 30.7 Å². The Kier molecular flexibility index (Phi) is 3.37. The fourth-order valence-electron chi connectivity index (χ4n) is 3.43. The highest BCUT2D eigenvalue weighted by Crippen LogP contribution is 2.48. The molecule has 0 amide bonds. The lowest BCUT2D eigenvalue weighted by molar-refractivity contribution is 0.254. The van der Waals surface area contributed by atoms with Gasteiger partial charge in [0.15, 0.2) is 0 Å². The first-order valence-corrected chi connectivity index (χ1v) is 7.30. The van der Waals surface area contributed by atoms with E-state index >= 15 is 0 Å². The molecule has 0 radical (unpaired) electrons. The summed E-state index contributed by atoms with van der Waals surface area (Å²) >= 11 is 0. The molecular formula is C16H24N2O. The van der Waals surface area contributed by atoms with Crippen molar-refractivity contribution in [3.8, 4) is 0 Å². The van der Waals surface area contributed by atoms with Gasteiger partial charge in [-0.25, -0.2) is 0 Å². The zero-order valence-electron chi connectivity index (χ0n) is 11.7. The standard InChI is InChI=1S/C16H24N2O/c1-18-10-12(9-17)7-15(18)13-3-2-4-14(8-13)16(11-19)5-6-16/h2-4,8,12,15,19H,5-7,9-11,17H2,1H3. The van der Waals surface area contributed by atoms with Crippen LogP contribution in [0.3, 0.4) is 0 Å². The summed E-state index contributed by atoms with van der Waals surface area (Å²) in [4.78, 5) is 2.41. The molecule has 1 heterocycles. The van der Waals surface area contributed by atoms with Crippen LogP contribution in [-0.2, 0) is 5.41 Å². The van der Waals surface area contributed by atoms with Gasteiger partial charge < -0.3 is 10.8 Å². The molecule has 19 heavy (non-hydrogen) atoms. The normalized spacial score (nSPS) is 29.6. The van der Waals surface area contributed by atoms with Crippen LogP contribution in [0.25, 0.3) is 0 Å². The van der Waals surface area contributed by atoms with Crippen molar-refractivity contribution in [2.24, 2.45) is 11.7 Å². The quantitative estimate of drug-likeness (QED) is 0.865. The van der Waals surface area contributed by atoms with E-state index in [9.17, 15) is 5.11 Å². The van der Waals surface area contributed by atoms with Crippen molar-refractivity contribution in [3.05, 3.63) is 35.4 Å². The number of aliphatic hydroxyl groups is 1. The fourth-order valence-corrected chi connectivity index (χ4v) is 3.43. The Hall–Kier alpha value is -0.900. The molecule has 3 nitrogen and oxygen atoms in total. The van der Waals surface area contributed by atoms with Crippen molar-refractivity contribution < 1.29 is 5.11 Å². The van der Waals surface area contributed by atoms with Crippen molar-refractivity contribution in [1.82, 2.24) is 4.90 Å². The van der Waals surface area contributed by atoms with Crippen LogP contribution >= 0.6 is 0 Å². The first kappa shape index (κ1) is 13.1. The van der Waals surface area contributed by atoms with Gasteiger partial charge in [0.2, 0.25) is 0 Å². The third-order valence-electron chi connectivity index (χ3n) is 5.01. The molecule has 1 aliphatic heterocycles. The van der Waals surface area contributed by atoms with Crippen LogP contribution in [-0.4, -0.2) is 36.8 Å². The number of benzene rings is 1. The van der Waals surface area contributed by atoms with Gasteiger partial charge in [0.25, 0.3) is 0 Å². The Balaban J connectivity index is 1.84. The maximum absolute atomic E-state index is 9.57. The summed E-state index contributed by atoms with van der Waals surface area (Å²) in [5.74, 6) is 0.617. The van der Waals surface area contributed by atoms with Gasteiger partial charge in [0, 0.05) is 18.0 Å². The van der Waals surface area contributed by atoms with Gasteiger partial charge in [-0.05, 0) is 49.9 Å². The minimum atomic E-state index is 0.0699. The van der Waals surface area contributed by atoms with E-state index < -0.39 is 0 Å². The van der Waals surface area contributed by atoms with Gasteiger partial charge in [0.1, 0.15) is 0 Å². The van der Waals surface area contributed by atoms with Crippen molar-refractivity contribution in [2.75, 3.05) is 26.7 Å². The largest absolute Gasteiger partial charge is 0.395 e. The third kappa shape index (κ3) is 2.31. The molecular weight excluding hydrogens is 236 g/mol. The van der Waals surface area contributed by atoms with Gasteiger partial charge in [-0.15, -0.1) is 0 Å². The Morgan fingerprint density at radius 1 is 1.42 bits per heavy atom. The second-order valence-electron chi connectivity index (χ2n) is 6.36. The molecule has 1 aromatic carbocycles. The maximum atomic E-state index is 9.57. The van der Waals surface area contributed by atoms with Gasteiger partial charge in [-0.2, -0.15) is 0 Å². The summed E-state index contributed by atoms with van der Waals surface area (Å²) in [7, 11) is 2.19. The summed E-state index contributed by atoms with van der Waals surface area (Å²) in [5, 5.41) is 9.57. The van der Waals surface area contributed by atoms with Gasteiger partial charge in [0.05, 0.1) is 6.61 Å². The Morgan fingerprint density at radius 3 is 2.79 bits per heavy atom. The first-order chi connectivity index (χ1) is 9.18. The lowest BCUT2D eigenvalue weighted by atomic mass is 9.92. The van der Waals surface area contributed by atoms with E-state index in [1.807, 2.05) is 0 Å². The molecule has 2 fully saturated rings. The summed E-state index contributed by atoms with van der Waals surface area (Å²) in [6.07, 6.45) is 3.40. The molecule has 1 saturated carbocycles. The molecule has 104 valence electrons. The Morgan fingerprint density at radius 2 is 2.21 bits per heavy atom. The smallest absolute Gasteiger partial charge is 0.0527 e. The SMILES string of the molecule is CN1CC(CN)CC1c1cccc(C2(CO)CC2)c1. The number of nitrogens with zero attached hydrogens (tertiary/aromatic N) is 1. The van der Waals surface area contributed by atoms with E-state index in [0.717, 1.165) is 32.4 Å². The summed E-state index contributed by atoms with van der Waals surface area (Å²) in [6, 6.07) is 9.33. The molecule has 3 rings (SSSR count). The first-order valence-electron chi connectivity index (χ1n) is 7.30. The van der Waals surface area contributed by atoms with Crippen LogP contribution in [0, 0.1) is 5.92 Å². The summed E-state index contributed by atoms with van der Waals surface area (Å²) in [5.41, 5.74) is 8.58. The minimum Gasteiger partial charge on any atom is -0.395 e. The molecule has 2 aliphatic rings. The Labute approximate surface area is 115 Å². The van der Waals surface area contributed by atoms with Gasteiger partial charge in [-0.1, -0.05) is 24.3 Å². The molecule has 1 aromatic rings. The molecule has 2 unspecified atom stereocenters. The van der Waals surface area contributed by atoms with E-state index in [2.05, 4.69) is 36.2 Å². The van der Waals surface area contributed by atoms with Crippen molar-refractivity contribution >= 4 is 0 Å². The number of hydrogen-bond acceptors (Lipinski definition) is 3. The molecule has 3 heteroatoms. The van der Waals surface area contributed by atoms with Crippen LogP contribution in [0.15, 0.2) is 24.3 Å². The second-order valence-corrected chi connectivity index (χ2v) is 6.36. The zero-order chi connectivity index (χ0) is 13.5. The maximum Gasteiger partial charge on any atom is 0.0527 e. The number of likely N-dealkylation sites (tertiary alicyclic amines) is 1. The highest BCUT2D eigenvalue weighted by Gasteiger charge is 2.44. The minimum absolute atomic E-state index is 0.0699. The zero-order valence-corrected chi connectivity index (χ0v) is 11.7. The van der Waals surface area contributed by atoms with Crippen LogP contribution in [0.1, 0.15) is 36.4 Å². The molecule has 3 N–H and O–H groups in total. The number of hydrogen-bond donors (Lipinski definition) is 2. The molecule has 1 aliphatic carbocycles. The summed E-state index contributed by atoms with van der Waals surface area (Å²) in [6.45, 7) is 2.15. The predicted molar refractivity (Wildman–Crippen MR) is 77.0 cm³/mol. The van der Waals surface area contributed by atoms with E-state index in [1.165, 1.54) is 11.1 Å². The third-order valence-corrected chi connectivity index (χ3v) is 5.01. The van der Waals surface area contributed by atoms with E-state index in [-0.39, 0.29) is 12.0 Å². The number of rotatable bonds is 4. The van der Waals surface area contributed by atoms with Gasteiger partial charge in [-0.3, -0.25) is 4.90 Å². The summed E-state index contributed by atoms with van der Waals surface area (Å²) < 4.78 is 0. The van der Waals surface area contributed by atoms with Crippen molar-refractivity contribution in [1.29, 1.82) is 0 Å². The van der Waals surface area contributed by atoms with Crippen LogP contribution < -0.4 is 5.73 Å². The van der Waals surface area contributed by atoms with E-state index in [0.29, 0.717) is 12.0 Å². The molecule has 1 saturated heterocycles. The predicted octanol–water partition coefficient (Wildman–Crippen LogP) is 1.66. The monoisotopic (exact) mass is 260 g/mol. The fraction of sp³-hybridized carbons (Fsp3) is 0.625. The average molecular weight is 260 g/mol. The molecule has 0 bridgehead atoms. The molecule has 0 spiro atoms. The molecule has 2 atom stereocenters. The lowest BCUT2D eigenvalue weighted by Crippen LogP contribution is -2.21. The highest BCUT2D eigenvalue weighted by atomic mass is 16.3. The van der Waals surface area contributed by atoms with E-state index in [4.69, 9.17) is 5.73 Å². The van der Waals surface area contributed by atoms with Crippen molar-refractivity contribution in [3.63, 3.8) is 0 Å². The number of nitrogens with two attached hydrogens (primary N) is 1. The van der Waals surface area contributed by atoms with Gasteiger partial charge >= 0.3 is 0 Å². The van der Waals surface area contributed by atoms with Crippen LogP contribution in [0.5, 0.6) is 0 Å². The lowest BCUT2D eigenvalue weighted by Gasteiger charge is -2.21. The highest BCUT2D eigenvalue weighted by molar-refractivity contribution is 5.36. The second kappa shape index (κ2) is 4.89. The Bertz CT molecular complexity index is 456. The molecule has 0 aromatic heterocycles. The van der Waals surface area contributed by atoms with E-state index in [1.54, 1.807) is 0 Å².